The van der Waals surface area contributed by atoms with Gasteiger partial charge in [-0.15, -0.1) is 0 Å². The van der Waals surface area contributed by atoms with Crippen molar-refractivity contribution < 1.29 is 17.7 Å². The number of anilines is 1. The lowest BCUT2D eigenvalue weighted by Crippen LogP contribution is -2.42. The monoisotopic (exact) mass is 377 g/mol. The Morgan fingerprint density at radius 1 is 1.19 bits per heavy atom. The van der Waals surface area contributed by atoms with Crippen molar-refractivity contribution in [3.05, 3.63) is 41.8 Å². The van der Waals surface area contributed by atoms with Crippen LogP contribution in [0, 0.1) is 18.8 Å². The summed E-state index contributed by atoms with van der Waals surface area (Å²) in [4.78, 5) is 12.3. The van der Waals surface area contributed by atoms with Crippen molar-refractivity contribution in [1.29, 1.82) is 0 Å². The molecule has 8 heteroatoms. The Labute approximate surface area is 153 Å². The van der Waals surface area contributed by atoms with E-state index in [0.29, 0.717) is 36.4 Å². The number of nitrogens with zero attached hydrogens (tertiary/aromatic N) is 2. The average Bonchev–Trinajstić information content (AvgIpc) is 3.01. The van der Waals surface area contributed by atoms with Crippen molar-refractivity contribution in [2.24, 2.45) is 11.8 Å². The molecule has 0 spiro atoms. The smallest absolute Gasteiger partial charge is 0.277 e. The first kappa shape index (κ1) is 18.6. The number of rotatable bonds is 4. The van der Waals surface area contributed by atoms with E-state index in [-0.39, 0.29) is 10.6 Å². The summed E-state index contributed by atoms with van der Waals surface area (Å²) in [7, 11) is -3.53. The van der Waals surface area contributed by atoms with E-state index in [4.69, 9.17) is 4.52 Å². The predicted molar refractivity (Wildman–Crippen MR) is 97.3 cm³/mol. The molecule has 1 aliphatic heterocycles. The fourth-order valence-electron chi connectivity index (χ4n) is 3.33. The maximum Gasteiger partial charge on any atom is 0.277 e. The van der Waals surface area contributed by atoms with Gasteiger partial charge in [-0.2, -0.15) is 4.31 Å². The lowest BCUT2D eigenvalue weighted by molar-refractivity contribution is 0.101. The molecule has 1 saturated heterocycles. The van der Waals surface area contributed by atoms with Gasteiger partial charge in [-0.05, 0) is 49.4 Å². The summed E-state index contributed by atoms with van der Waals surface area (Å²) in [6.07, 6.45) is 1.04. The van der Waals surface area contributed by atoms with Gasteiger partial charge < -0.3 is 9.84 Å². The third kappa shape index (κ3) is 3.96. The zero-order valence-electron chi connectivity index (χ0n) is 15.1. The second-order valence-corrected chi connectivity index (χ2v) is 9.01. The summed E-state index contributed by atoms with van der Waals surface area (Å²) in [5, 5.41) is 6.33. The second-order valence-electron chi connectivity index (χ2n) is 7.07. The standard InChI is InChI=1S/C18H23N3O4S/c1-12-8-13(2)11-21(10-12)26(23,24)16-6-4-15(5-7-16)19-18(22)17-9-14(3)25-20-17/h4-7,9,12-13H,8,10-11H2,1-3H3,(H,19,22)/t12-,13-/m1/s1. The Hall–Kier alpha value is -2.19. The molecule has 1 aliphatic rings. The topological polar surface area (TPSA) is 92.5 Å². The molecule has 0 saturated carbocycles. The van der Waals surface area contributed by atoms with Gasteiger partial charge in [-0.25, -0.2) is 8.42 Å². The number of hydrogen-bond acceptors (Lipinski definition) is 5. The summed E-state index contributed by atoms with van der Waals surface area (Å²) in [5.41, 5.74) is 0.672. The largest absolute Gasteiger partial charge is 0.361 e. The van der Waals surface area contributed by atoms with Gasteiger partial charge in [0.2, 0.25) is 10.0 Å². The first-order valence-electron chi connectivity index (χ1n) is 8.60. The molecule has 2 aromatic rings. The molecule has 0 radical (unpaired) electrons. The summed E-state index contributed by atoms with van der Waals surface area (Å²) < 4.78 is 32.1. The van der Waals surface area contributed by atoms with Crippen LogP contribution in [-0.2, 0) is 10.0 Å². The minimum absolute atomic E-state index is 0.176. The maximum atomic E-state index is 12.9. The fraction of sp³-hybridized carbons (Fsp3) is 0.444. The van der Waals surface area contributed by atoms with Crippen LogP contribution in [0.1, 0.15) is 36.5 Å². The van der Waals surface area contributed by atoms with Gasteiger partial charge in [0.25, 0.3) is 5.91 Å². The molecule has 1 N–H and O–H groups in total. The summed E-state index contributed by atoms with van der Waals surface area (Å²) in [6.45, 7) is 6.92. The van der Waals surface area contributed by atoms with Gasteiger partial charge in [0, 0.05) is 24.8 Å². The van der Waals surface area contributed by atoms with Crippen LogP contribution in [0.2, 0.25) is 0 Å². The lowest BCUT2D eigenvalue weighted by atomic mass is 9.94. The van der Waals surface area contributed by atoms with Crippen LogP contribution in [0.4, 0.5) is 5.69 Å². The molecular formula is C18H23N3O4S. The Morgan fingerprint density at radius 3 is 2.35 bits per heavy atom. The molecule has 3 rings (SSSR count). The van der Waals surface area contributed by atoms with Crippen LogP contribution >= 0.6 is 0 Å². The molecule has 1 fully saturated rings. The molecule has 2 atom stereocenters. The minimum atomic E-state index is -3.53. The average molecular weight is 377 g/mol. The SMILES string of the molecule is Cc1cc(C(=O)Nc2ccc(S(=O)(=O)N3C[C@H](C)C[C@@H](C)C3)cc2)no1. The van der Waals surface area contributed by atoms with Gasteiger partial charge in [-0.3, -0.25) is 4.79 Å². The number of piperidine rings is 1. The summed E-state index contributed by atoms with van der Waals surface area (Å²) in [5.74, 6) is 0.828. The zero-order valence-corrected chi connectivity index (χ0v) is 15.9. The quantitative estimate of drug-likeness (QED) is 0.884. The van der Waals surface area contributed by atoms with E-state index in [9.17, 15) is 13.2 Å². The molecule has 0 bridgehead atoms. The van der Waals surface area contributed by atoms with Gasteiger partial charge in [0.1, 0.15) is 5.76 Å². The third-order valence-electron chi connectivity index (χ3n) is 4.45. The van der Waals surface area contributed by atoms with E-state index in [2.05, 4.69) is 24.3 Å². The van der Waals surface area contributed by atoms with E-state index in [1.165, 1.54) is 18.2 Å². The molecule has 1 aromatic carbocycles. The van der Waals surface area contributed by atoms with Crippen molar-refractivity contribution in [1.82, 2.24) is 9.46 Å². The number of sulfonamides is 1. The van der Waals surface area contributed by atoms with Crippen molar-refractivity contribution in [2.45, 2.75) is 32.1 Å². The highest BCUT2D eigenvalue weighted by molar-refractivity contribution is 7.89. The van der Waals surface area contributed by atoms with E-state index in [1.807, 2.05) is 0 Å². The summed E-state index contributed by atoms with van der Waals surface area (Å²) >= 11 is 0. The van der Waals surface area contributed by atoms with Crippen LogP contribution in [-0.4, -0.2) is 36.9 Å². The second kappa shape index (κ2) is 7.20. The number of aryl methyl sites for hydroxylation is 1. The number of aromatic nitrogens is 1. The first-order chi connectivity index (χ1) is 12.3. The third-order valence-corrected chi connectivity index (χ3v) is 6.29. The lowest BCUT2D eigenvalue weighted by Gasteiger charge is -2.34. The predicted octanol–water partition coefficient (Wildman–Crippen LogP) is 2.90. The van der Waals surface area contributed by atoms with Crippen molar-refractivity contribution >= 4 is 21.6 Å². The molecule has 7 nitrogen and oxygen atoms in total. The van der Waals surface area contributed by atoms with Gasteiger partial charge in [0.15, 0.2) is 5.69 Å². The fourth-order valence-corrected chi connectivity index (χ4v) is 5.01. The van der Waals surface area contributed by atoms with E-state index in [1.54, 1.807) is 23.4 Å². The number of hydrogen-bond donors (Lipinski definition) is 1. The van der Waals surface area contributed by atoms with Gasteiger partial charge >= 0.3 is 0 Å². The van der Waals surface area contributed by atoms with Gasteiger partial charge in [0.05, 0.1) is 4.90 Å². The van der Waals surface area contributed by atoms with Crippen LogP contribution in [0.25, 0.3) is 0 Å². The molecule has 0 aliphatic carbocycles. The number of nitrogens with one attached hydrogen (secondary N) is 1. The number of carbonyl (C=O) groups is 1. The Bertz CT molecular complexity index is 879. The Morgan fingerprint density at radius 2 is 1.81 bits per heavy atom. The Kier molecular flexibility index (Phi) is 5.15. The van der Waals surface area contributed by atoms with Gasteiger partial charge in [-0.1, -0.05) is 19.0 Å². The van der Waals surface area contributed by atoms with E-state index < -0.39 is 15.9 Å². The minimum Gasteiger partial charge on any atom is -0.361 e. The number of amides is 1. The van der Waals surface area contributed by atoms with Crippen molar-refractivity contribution in [2.75, 3.05) is 18.4 Å². The molecule has 140 valence electrons. The van der Waals surface area contributed by atoms with Crippen LogP contribution in [0.5, 0.6) is 0 Å². The molecular weight excluding hydrogens is 354 g/mol. The highest BCUT2D eigenvalue weighted by Gasteiger charge is 2.31. The van der Waals surface area contributed by atoms with Crippen LogP contribution in [0.15, 0.2) is 39.8 Å². The van der Waals surface area contributed by atoms with Crippen LogP contribution < -0.4 is 5.32 Å². The van der Waals surface area contributed by atoms with E-state index in [0.717, 1.165) is 6.42 Å². The molecule has 2 heterocycles. The van der Waals surface area contributed by atoms with Crippen LogP contribution in [0.3, 0.4) is 0 Å². The molecule has 0 unspecified atom stereocenters. The van der Waals surface area contributed by atoms with Crippen molar-refractivity contribution in [3.8, 4) is 0 Å². The highest BCUT2D eigenvalue weighted by atomic mass is 32.2. The Balaban J connectivity index is 1.73. The zero-order chi connectivity index (χ0) is 18.9. The summed E-state index contributed by atoms with van der Waals surface area (Å²) in [6, 6.07) is 7.72. The number of benzene rings is 1. The number of carbonyl (C=O) groups excluding carboxylic acids is 1. The maximum absolute atomic E-state index is 12.9. The van der Waals surface area contributed by atoms with Crippen molar-refractivity contribution in [3.63, 3.8) is 0 Å². The van der Waals surface area contributed by atoms with E-state index >= 15 is 0 Å². The highest BCUT2D eigenvalue weighted by Crippen LogP contribution is 2.27. The molecule has 1 aromatic heterocycles. The molecule has 26 heavy (non-hydrogen) atoms. The first-order valence-corrected chi connectivity index (χ1v) is 10.0. The molecule has 1 amide bonds. The normalized spacial score (nSPS) is 21.5.